The van der Waals surface area contributed by atoms with E-state index in [1.807, 2.05) is 18.2 Å². The molecule has 0 aromatic heterocycles. The highest BCUT2D eigenvalue weighted by Crippen LogP contribution is 2.31. The maximum absolute atomic E-state index is 13.6. The van der Waals surface area contributed by atoms with Gasteiger partial charge in [-0.3, -0.25) is 0 Å². The standard InChI is InChI=1S/C16H15BrFNO/c17-13-9-11(10-19-12-6-7-12)5-8-15(13)20-16-4-2-1-3-14(16)18/h1-5,8-9,12,19H,6-7,10H2. The van der Waals surface area contributed by atoms with E-state index in [2.05, 4.69) is 21.2 Å². The van der Waals surface area contributed by atoms with Gasteiger partial charge in [-0.2, -0.15) is 0 Å². The maximum Gasteiger partial charge on any atom is 0.165 e. The Morgan fingerprint density at radius 1 is 1.15 bits per heavy atom. The van der Waals surface area contributed by atoms with Crippen LogP contribution >= 0.6 is 15.9 Å². The molecular weight excluding hydrogens is 321 g/mol. The molecule has 20 heavy (non-hydrogen) atoms. The summed E-state index contributed by atoms with van der Waals surface area (Å²) in [5, 5.41) is 3.46. The Morgan fingerprint density at radius 3 is 2.65 bits per heavy atom. The second-order valence-electron chi connectivity index (χ2n) is 4.95. The number of benzene rings is 2. The number of hydrogen-bond acceptors (Lipinski definition) is 2. The summed E-state index contributed by atoms with van der Waals surface area (Å²) < 4.78 is 20.0. The molecule has 1 N–H and O–H groups in total. The van der Waals surface area contributed by atoms with Gasteiger partial charge in [0, 0.05) is 12.6 Å². The van der Waals surface area contributed by atoms with Crippen LogP contribution < -0.4 is 10.1 Å². The van der Waals surface area contributed by atoms with Crippen LogP contribution in [0, 0.1) is 5.82 Å². The molecule has 1 fully saturated rings. The summed E-state index contributed by atoms with van der Waals surface area (Å²) in [6, 6.07) is 12.9. The van der Waals surface area contributed by atoms with Crippen molar-refractivity contribution < 1.29 is 9.13 Å². The third kappa shape index (κ3) is 3.38. The smallest absolute Gasteiger partial charge is 0.165 e. The van der Waals surface area contributed by atoms with Crippen LogP contribution in [0.5, 0.6) is 11.5 Å². The van der Waals surface area contributed by atoms with Crippen molar-refractivity contribution in [3.63, 3.8) is 0 Å². The van der Waals surface area contributed by atoms with E-state index in [4.69, 9.17) is 4.74 Å². The summed E-state index contributed by atoms with van der Waals surface area (Å²) in [6.07, 6.45) is 2.55. The first-order valence-electron chi connectivity index (χ1n) is 6.66. The van der Waals surface area contributed by atoms with Gasteiger partial charge >= 0.3 is 0 Å². The highest BCUT2D eigenvalue weighted by Gasteiger charge is 2.20. The van der Waals surface area contributed by atoms with Crippen LogP contribution in [0.4, 0.5) is 4.39 Å². The fourth-order valence-corrected chi connectivity index (χ4v) is 2.44. The lowest BCUT2D eigenvalue weighted by Gasteiger charge is -2.10. The predicted molar refractivity (Wildman–Crippen MR) is 80.5 cm³/mol. The number of halogens is 2. The Labute approximate surface area is 126 Å². The van der Waals surface area contributed by atoms with E-state index in [0.717, 1.165) is 11.0 Å². The number of ether oxygens (including phenoxy) is 1. The molecule has 0 unspecified atom stereocenters. The molecule has 0 saturated heterocycles. The molecule has 104 valence electrons. The fourth-order valence-electron chi connectivity index (χ4n) is 1.93. The molecule has 0 aliphatic heterocycles. The summed E-state index contributed by atoms with van der Waals surface area (Å²) in [5.41, 5.74) is 1.18. The van der Waals surface area contributed by atoms with Gasteiger partial charge in [0.15, 0.2) is 11.6 Å². The highest BCUT2D eigenvalue weighted by atomic mass is 79.9. The Bertz CT molecular complexity index is 613. The SMILES string of the molecule is Fc1ccccc1Oc1ccc(CNC2CC2)cc1Br. The molecule has 0 radical (unpaired) electrons. The molecule has 2 aromatic carbocycles. The number of rotatable bonds is 5. The van der Waals surface area contributed by atoms with Crippen LogP contribution in [0.15, 0.2) is 46.9 Å². The normalized spacial score (nSPS) is 14.3. The largest absolute Gasteiger partial charge is 0.453 e. The highest BCUT2D eigenvalue weighted by molar-refractivity contribution is 9.10. The van der Waals surface area contributed by atoms with Gasteiger partial charge in [-0.25, -0.2) is 4.39 Å². The molecule has 1 saturated carbocycles. The van der Waals surface area contributed by atoms with Crippen molar-refractivity contribution in [3.8, 4) is 11.5 Å². The van der Waals surface area contributed by atoms with Gasteiger partial charge in [0.25, 0.3) is 0 Å². The molecule has 2 nitrogen and oxygen atoms in total. The molecule has 0 amide bonds. The Balaban J connectivity index is 1.71. The molecule has 3 rings (SSSR count). The molecule has 2 aromatic rings. The van der Waals surface area contributed by atoms with E-state index in [1.54, 1.807) is 18.2 Å². The van der Waals surface area contributed by atoms with E-state index in [1.165, 1.54) is 24.5 Å². The summed E-state index contributed by atoms with van der Waals surface area (Å²) in [6.45, 7) is 0.850. The van der Waals surface area contributed by atoms with Gasteiger partial charge in [0.1, 0.15) is 5.75 Å². The predicted octanol–water partition coefficient (Wildman–Crippen LogP) is 4.63. The first kappa shape index (κ1) is 13.6. The Morgan fingerprint density at radius 2 is 1.95 bits per heavy atom. The van der Waals surface area contributed by atoms with Gasteiger partial charge in [-0.05, 0) is 58.6 Å². The second-order valence-corrected chi connectivity index (χ2v) is 5.81. The number of para-hydroxylation sites is 1. The van der Waals surface area contributed by atoms with Crippen molar-refractivity contribution >= 4 is 15.9 Å². The molecule has 0 bridgehead atoms. The summed E-state index contributed by atoms with van der Waals surface area (Å²) >= 11 is 3.48. The van der Waals surface area contributed by atoms with Crippen LogP contribution in [0.2, 0.25) is 0 Å². The average molecular weight is 336 g/mol. The van der Waals surface area contributed by atoms with Crippen molar-refractivity contribution in [2.24, 2.45) is 0 Å². The monoisotopic (exact) mass is 335 g/mol. The molecule has 0 atom stereocenters. The van der Waals surface area contributed by atoms with Crippen LogP contribution in [0.1, 0.15) is 18.4 Å². The van der Waals surface area contributed by atoms with Crippen LogP contribution in [-0.4, -0.2) is 6.04 Å². The summed E-state index contributed by atoms with van der Waals surface area (Å²) in [4.78, 5) is 0. The number of hydrogen-bond donors (Lipinski definition) is 1. The van der Waals surface area contributed by atoms with Gasteiger partial charge in [0.05, 0.1) is 4.47 Å². The molecular formula is C16H15BrFNO. The van der Waals surface area contributed by atoms with Crippen LogP contribution in [-0.2, 0) is 6.54 Å². The average Bonchev–Trinajstić information content (AvgIpc) is 3.26. The molecule has 0 heterocycles. The molecule has 1 aliphatic carbocycles. The lowest BCUT2D eigenvalue weighted by atomic mass is 10.2. The lowest BCUT2D eigenvalue weighted by Crippen LogP contribution is -2.15. The molecule has 4 heteroatoms. The quantitative estimate of drug-likeness (QED) is 0.859. The van der Waals surface area contributed by atoms with Crippen LogP contribution in [0.3, 0.4) is 0 Å². The lowest BCUT2D eigenvalue weighted by molar-refractivity contribution is 0.440. The Hall–Kier alpha value is -1.39. The minimum atomic E-state index is -0.362. The first-order valence-corrected chi connectivity index (χ1v) is 7.46. The fraction of sp³-hybridized carbons (Fsp3) is 0.250. The topological polar surface area (TPSA) is 21.3 Å². The van der Waals surface area contributed by atoms with Crippen molar-refractivity contribution in [1.29, 1.82) is 0 Å². The second kappa shape index (κ2) is 5.94. The van der Waals surface area contributed by atoms with Crippen molar-refractivity contribution in [2.75, 3.05) is 0 Å². The maximum atomic E-state index is 13.6. The third-order valence-electron chi connectivity index (χ3n) is 3.23. The van der Waals surface area contributed by atoms with Gasteiger partial charge in [-0.15, -0.1) is 0 Å². The van der Waals surface area contributed by atoms with E-state index in [-0.39, 0.29) is 11.6 Å². The van der Waals surface area contributed by atoms with Gasteiger partial charge in [-0.1, -0.05) is 18.2 Å². The van der Waals surface area contributed by atoms with Crippen molar-refractivity contribution in [1.82, 2.24) is 5.32 Å². The van der Waals surface area contributed by atoms with E-state index >= 15 is 0 Å². The summed E-state index contributed by atoms with van der Waals surface area (Å²) in [7, 11) is 0. The minimum absolute atomic E-state index is 0.233. The first-order chi connectivity index (χ1) is 9.72. The Kier molecular flexibility index (Phi) is 4.03. The van der Waals surface area contributed by atoms with E-state index in [9.17, 15) is 4.39 Å². The van der Waals surface area contributed by atoms with Gasteiger partial charge in [0.2, 0.25) is 0 Å². The van der Waals surface area contributed by atoms with Crippen molar-refractivity contribution in [3.05, 3.63) is 58.3 Å². The molecule has 0 spiro atoms. The zero-order valence-electron chi connectivity index (χ0n) is 10.9. The van der Waals surface area contributed by atoms with E-state index < -0.39 is 0 Å². The van der Waals surface area contributed by atoms with Crippen molar-refractivity contribution in [2.45, 2.75) is 25.4 Å². The zero-order chi connectivity index (χ0) is 13.9. The van der Waals surface area contributed by atoms with Crippen LogP contribution in [0.25, 0.3) is 0 Å². The zero-order valence-corrected chi connectivity index (χ0v) is 12.5. The van der Waals surface area contributed by atoms with E-state index in [0.29, 0.717) is 11.8 Å². The molecule has 1 aliphatic rings. The van der Waals surface area contributed by atoms with Gasteiger partial charge < -0.3 is 10.1 Å². The minimum Gasteiger partial charge on any atom is -0.453 e. The third-order valence-corrected chi connectivity index (χ3v) is 3.84. The number of nitrogens with one attached hydrogen (secondary N) is 1. The summed E-state index contributed by atoms with van der Waals surface area (Å²) in [5.74, 6) is 0.487.